The molecule has 2 N–H and O–H groups in total. The third-order valence-corrected chi connectivity index (χ3v) is 4.74. The van der Waals surface area contributed by atoms with E-state index >= 15 is 0 Å². The predicted octanol–water partition coefficient (Wildman–Crippen LogP) is 4.14. The molecule has 4 heteroatoms. The summed E-state index contributed by atoms with van der Waals surface area (Å²) < 4.78 is 1.13. The summed E-state index contributed by atoms with van der Waals surface area (Å²) in [5, 5.41) is 0. The van der Waals surface area contributed by atoms with E-state index in [1.807, 2.05) is 17.8 Å². The Morgan fingerprint density at radius 2 is 2.11 bits per heavy atom. The van der Waals surface area contributed by atoms with Gasteiger partial charge in [0.1, 0.15) is 0 Å². The molecule has 0 atom stereocenters. The molecule has 2 aromatic rings. The van der Waals surface area contributed by atoms with Gasteiger partial charge in [-0.15, -0.1) is 11.8 Å². The summed E-state index contributed by atoms with van der Waals surface area (Å²) in [5.74, 6) is 1.13. The number of hydrogen-bond donors (Lipinski definition) is 1. The summed E-state index contributed by atoms with van der Waals surface area (Å²) in [5.41, 5.74) is 9.33. The Bertz CT molecular complexity index is 600. The average molecular weight is 335 g/mol. The van der Waals surface area contributed by atoms with Crippen LogP contribution in [0.3, 0.4) is 0 Å². The van der Waals surface area contributed by atoms with Gasteiger partial charge in [0.05, 0.1) is 5.69 Å². The van der Waals surface area contributed by atoms with Crippen LogP contribution in [0.4, 0.5) is 11.4 Å². The molecule has 0 fully saturated rings. The molecule has 0 saturated heterocycles. The van der Waals surface area contributed by atoms with Crippen molar-refractivity contribution in [3.05, 3.63) is 52.5 Å². The van der Waals surface area contributed by atoms with E-state index in [1.54, 1.807) is 0 Å². The minimum atomic E-state index is 0.834. The predicted molar refractivity (Wildman–Crippen MR) is 86.8 cm³/mol. The van der Waals surface area contributed by atoms with E-state index in [-0.39, 0.29) is 0 Å². The van der Waals surface area contributed by atoms with Crippen molar-refractivity contribution in [2.75, 3.05) is 22.9 Å². The third-order valence-electron chi connectivity index (χ3n) is 3.20. The normalized spacial score (nSPS) is 14.3. The zero-order valence-corrected chi connectivity index (χ0v) is 12.9. The molecule has 98 valence electrons. The molecule has 2 nitrogen and oxygen atoms in total. The smallest absolute Gasteiger partial charge is 0.0528 e. The summed E-state index contributed by atoms with van der Waals surface area (Å²) in [6.07, 6.45) is 0. The molecular weight excluding hydrogens is 320 g/mol. The largest absolute Gasteiger partial charge is 0.399 e. The molecule has 0 saturated carbocycles. The lowest BCUT2D eigenvalue weighted by molar-refractivity contribution is 0.817. The Morgan fingerprint density at radius 3 is 2.95 bits per heavy atom. The molecule has 1 heterocycles. The maximum absolute atomic E-state index is 5.92. The topological polar surface area (TPSA) is 29.3 Å². The van der Waals surface area contributed by atoms with Crippen molar-refractivity contribution in [3.8, 4) is 0 Å². The van der Waals surface area contributed by atoms with E-state index in [4.69, 9.17) is 5.73 Å². The van der Waals surface area contributed by atoms with Crippen molar-refractivity contribution < 1.29 is 0 Å². The van der Waals surface area contributed by atoms with Crippen LogP contribution < -0.4 is 10.6 Å². The van der Waals surface area contributed by atoms with Gasteiger partial charge in [-0.2, -0.15) is 0 Å². The van der Waals surface area contributed by atoms with Crippen molar-refractivity contribution in [2.24, 2.45) is 0 Å². The van der Waals surface area contributed by atoms with Gasteiger partial charge in [0.25, 0.3) is 0 Å². The minimum absolute atomic E-state index is 0.834. The summed E-state index contributed by atoms with van der Waals surface area (Å²) in [7, 11) is 0. The molecule has 0 aliphatic carbocycles. The second-order valence-electron chi connectivity index (χ2n) is 4.63. The maximum Gasteiger partial charge on any atom is 0.0528 e. The first-order chi connectivity index (χ1) is 9.22. The van der Waals surface area contributed by atoms with Crippen molar-refractivity contribution >= 4 is 39.1 Å². The van der Waals surface area contributed by atoms with Crippen LogP contribution in [0.25, 0.3) is 0 Å². The van der Waals surface area contributed by atoms with E-state index in [0.29, 0.717) is 0 Å². The van der Waals surface area contributed by atoms with Crippen molar-refractivity contribution in [1.82, 2.24) is 0 Å². The van der Waals surface area contributed by atoms with Crippen LogP contribution in [-0.4, -0.2) is 12.3 Å². The van der Waals surface area contributed by atoms with Gasteiger partial charge < -0.3 is 10.6 Å². The fourth-order valence-corrected chi connectivity index (χ4v) is 3.79. The molecule has 1 aliphatic rings. The molecule has 0 aromatic heterocycles. The number of rotatable bonds is 2. The number of fused-ring (bicyclic) bond motifs is 1. The number of anilines is 2. The van der Waals surface area contributed by atoms with Crippen LogP contribution in [0.1, 0.15) is 5.56 Å². The van der Waals surface area contributed by atoms with Gasteiger partial charge in [-0.25, -0.2) is 0 Å². The van der Waals surface area contributed by atoms with E-state index in [9.17, 15) is 0 Å². The Morgan fingerprint density at radius 1 is 1.21 bits per heavy atom. The molecule has 0 spiro atoms. The van der Waals surface area contributed by atoms with Crippen molar-refractivity contribution in [3.63, 3.8) is 0 Å². The van der Waals surface area contributed by atoms with Gasteiger partial charge in [-0.05, 0) is 35.9 Å². The molecule has 0 amide bonds. The van der Waals surface area contributed by atoms with Gasteiger partial charge in [0, 0.05) is 33.9 Å². The fourth-order valence-electron chi connectivity index (χ4n) is 2.31. The van der Waals surface area contributed by atoms with Crippen LogP contribution in [0.15, 0.2) is 51.8 Å². The fraction of sp³-hybridized carbons (Fsp3) is 0.200. The van der Waals surface area contributed by atoms with Crippen LogP contribution in [0.5, 0.6) is 0 Å². The lowest BCUT2D eigenvalue weighted by Gasteiger charge is -2.31. The number of nitrogen functional groups attached to an aromatic ring is 1. The second kappa shape index (κ2) is 5.47. The highest BCUT2D eigenvalue weighted by atomic mass is 79.9. The van der Waals surface area contributed by atoms with Gasteiger partial charge >= 0.3 is 0 Å². The molecule has 19 heavy (non-hydrogen) atoms. The average Bonchev–Trinajstić information content (AvgIpc) is 2.39. The Balaban J connectivity index is 1.89. The SMILES string of the molecule is Nc1ccc2c(c1)N(Cc1cccc(Br)c1)CCS2. The highest BCUT2D eigenvalue weighted by molar-refractivity contribution is 9.10. The van der Waals surface area contributed by atoms with Crippen LogP contribution in [0, 0.1) is 0 Å². The third kappa shape index (κ3) is 2.90. The Kier molecular flexibility index (Phi) is 3.71. The highest BCUT2D eigenvalue weighted by Gasteiger charge is 2.17. The zero-order chi connectivity index (χ0) is 13.2. The van der Waals surface area contributed by atoms with Crippen LogP contribution in [-0.2, 0) is 6.54 Å². The second-order valence-corrected chi connectivity index (χ2v) is 6.68. The first-order valence-corrected chi connectivity index (χ1v) is 8.02. The number of thioether (sulfide) groups is 1. The number of hydrogen-bond acceptors (Lipinski definition) is 3. The molecule has 3 rings (SSSR count). The summed E-state index contributed by atoms with van der Waals surface area (Å²) in [6, 6.07) is 14.7. The minimum Gasteiger partial charge on any atom is -0.399 e. The van der Waals surface area contributed by atoms with E-state index < -0.39 is 0 Å². The highest BCUT2D eigenvalue weighted by Crippen LogP contribution is 2.36. The standard InChI is InChI=1S/C15H15BrN2S/c16-12-3-1-2-11(8-12)10-18-6-7-19-15-5-4-13(17)9-14(15)18/h1-5,8-9H,6-7,10,17H2. The molecular formula is C15H15BrN2S. The molecule has 2 aromatic carbocycles. The van der Waals surface area contributed by atoms with Gasteiger partial charge in [0.2, 0.25) is 0 Å². The first kappa shape index (κ1) is 12.9. The van der Waals surface area contributed by atoms with Gasteiger partial charge in [0.15, 0.2) is 0 Å². The number of halogens is 1. The summed E-state index contributed by atoms with van der Waals surface area (Å²) in [6.45, 7) is 1.99. The monoisotopic (exact) mass is 334 g/mol. The Labute approximate surface area is 126 Å². The lowest BCUT2D eigenvalue weighted by Crippen LogP contribution is -2.28. The quantitative estimate of drug-likeness (QED) is 0.836. The summed E-state index contributed by atoms with van der Waals surface area (Å²) in [4.78, 5) is 3.74. The van der Waals surface area contributed by atoms with Crippen LogP contribution in [0.2, 0.25) is 0 Å². The van der Waals surface area contributed by atoms with E-state index in [1.165, 1.54) is 16.1 Å². The first-order valence-electron chi connectivity index (χ1n) is 6.24. The van der Waals surface area contributed by atoms with Gasteiger partial charge in [-0.3, -0.25) is 0 Å². The zero-order valence-electron chi connectivity index (χ0n) is 10.5. The summed E-state index contributed by atoms with van der Waals surface area (Å²) >= 11 is 5.44. The molecule has 1 aliphatic heterocycles. The van der Waals surface area contributed by atoms with E-state index in [0.717, 1.165) is 29.0 Å². The van der Waals surface area contributed by atoms with Crippen molar-refractivity contribution in [2.45, 2.75) is 11.4 Å². The number of nitrogens with zero attached hydrogens (tertiary/aromatic N) is 1. The molecule has 0 radical (unpaired) electrons. The van der Waals surface area contributed by atoms with Crippen LogP contribution >= 0.6 is 27.7 Å². The molecule has 0 bridgehead atoms. The maximum atomic E-state index is 5.92. The molecule has 0 unspecified atom stereocenters. The number of benzene rings is 2. The Hall–Kier alpha value is -1.13. The number of nitrogens with two attached hydrogens (primary N) is 1. The van der Waals surface area contributed by atoms with Crippen molar-refractivity contribution in [1.29, 1.82) is 0 Å². The van der Waals surface area contributed by atoms with E-state index in [2.05, 4.69) is 57.2 Å². The lowest BCUT2D eigenvalue weighted by atomic mass is 10.2. The van der Waals surface area contributed by atoms with Gasteiger partial charge in [-0.1, -0.05) is 28.1 Å².